The summed E-state index contributed by atoms with van der Waals surface area (Å²) >= 11 is 0. The summed E-state index contributed by atoms with van der Waals surface area (Å²) in [6, 6.07) is 3.99. The summed E-state index contributed by atoms with van der Waals surface area (Å²) in [7, 11) is 0. The highest BCUT2D eigenvalue weighted by atomic mass is 19.2. The number of rotatable bonds is 5. The third-order valence-corrected chi connectivity index (χ3v) is 4.45. The van der Waals surface area contributed by atoms with Crippen molar-refractivity contribution in [2.24, 2.45) is 0 Å². The molecule has 0 amide bonds. The molecule has 4 rings (SSSR count). The molecule has 3 aromatic rings. The van der Waals surface area contributed by atoms with E-state index in [1.54, 1.807) is 12.6 Å². The van der Waals surface area contributed by atoms with Crippen LogP contribution in [0.1, 0.15) is 18.5 Å². The molecule has 0 aliphatic carbocycles. The van der Waals surface area contributed by atoms with Gasteiger partial charge >= 0.3 is 0 Å². The Morgan fingerprint density at radius 2 is 2.16 bits per heavy atom. The summed E-state index contributed by atoms with van der Waals surface area (Å²) in [5.41, 5.74) is 1.19. The van der Waals surface area contributed by atoms with Gasteiger partial charge in [0, 0.05) is 18.2 Å². The third-order valence-electron chi connectivity index (χ3n) is 4.45. The molecular weight excluding hydrogens is 328 g/mol. The lowest BCUT2D eigenvalue weighted by molar-refractivity contribution is 0.216. The minimum absolute atomic E-state index is 0.293. The van der Waals surface area contributed by atoms with E-state index in [0.29, 0.717) is 24.0 Å². The van der Waals surface area contributed by atoms with E-state index in [1.807, 2.05) is 4.68 Å². The quantitative estimate of drug-likeness (QED) is 0.712. The molecule has 0 saturated carbocycles. The Hall–Kier alpha value is -2.61. The number of oxazole rings is 1. The Labute approximate surface area is 143 Å². The average molecular weight is 345 g/mol. The van der Waals surface area contributed by atoms with Crippen molar-refractivity contribution >= 4 is 0 Å². The first-order chi connectivity index (χ1) is 12.2. The molecule has 0 unspecified atom stereocenters. The van der Waals surface area contributed by atoms with Crippen LogP contribution in [0, 0.1) is 11.6 Å². The number of halogens is 2. The lowest BCUT2D eigenvalue weighted by Crippen LogP contribution is -2.32. The molecule has 1 aromatic carbocycles. The number of nitrogens with zero attached hydrogens (tertiary/aromatic N) is 5. The van der Waals surface area contributed by atoms with Gasteiger partial charge in [-0.05, 0) is 37.6 Å². The van der Waals surface area contributed by atoms with Crippen LogP contribution in [0.5, 0.6) is 0 Å². The molecule has 1 atom stereocenters. The maximum Gasteiger partial charge on any atom is 0.226 e. The first-order valence-electron chi connectivity index (χ1n) is 8.15. The highest BCUT2D eigenvalue weighted by molar-refractivity contribution is 5.53. The van der Waals surface area contributed by atoms with Crippen molar-refractivity contribution in [2.45, 2.75) is 32.0 Å². The monoisotopic (exact) mass is 345 g/mol. The maximum absolute atomic E-state index is 13.4. The van der Waals surface area contributed by atoms with Crippen molar-refractivity contribution in [3.63, 3.8) is 0 Å². The lowest BCUT2D eigenvalue weighted by atomic mass is 10.2. The van der Waals surface area contributed by atoms with Gasteiger partial charge in [-0.3, -0.25) is 9.58 Å². The molecule has 130 valence electrons. The second kappa shape index (κ2) is 6.72. The second-order valence-corrected chi connectivity index (χ2v) is 6.16. The van der Waals surface area contributed by atoms with E-state index in [2.05, 4.69) is 20.0 Å². The Balaban J connectivity index is 1.46. The van der Waals surface area contributed by atoms with Crippen LogP contribution in [-0.4, -0.2) is 37.2 Å². The van der Waals surface area contributed by atoms with Crippen LogP contribution in [0.25, 0.3) is 11.5 Å². The number of hydrogen-bond acceptors (Lipinski definition) is 5. The summed E-state index contributed by atoms with van der Waals surface area (Å²) in [4.78, 5) is 10.7. The fourth-order valence-corrected chi connectivity index (χ4v) is 3.20. The Kier molecular flexibility index (Phi) is 4.27. The third kappa shape index (κ3) is 3.43. The lowest BCUT2D eigenvalue weighted by Gasteiger charge is -2.23. The van der Waals surface area contributed by atoms with E-state index < -0.39 is 11.6 Å². The predicted molar refractivity (Wildman–Crippen MR) is 85.3 cm³/mol. The van der Waals surface area contributed by atoms with Gasteiger partial charge in [0.25, 0.3) is 0 Å². The molecule has 0 bridgehead atoms. The van der Waals surface area contributed by atoms with Crippen LogP contribution in [0.4, 0.5) is 8.78 Å². The van der Waals surface area contributed by atoms with Crippen LogP contribution in [0.3, 0.4) is 0 Å². The average Bonchev–Trinajstić information content (AvgIpc) is 3.34. The summed E-state index contributed by atoms with van der Waals surface area (Å²) in [6.07, 6.45) is 7.03. The predicted octanol–water partition coefficient (Wildman–Crippen LogP) is 2.88. The Morgan fingerprint density at radius 1 is 1.24 bits per heavy atom. The molecule has 8 heteroatoms. The summed E-state index contributed by atoms with van der Waals surface area (Å²) in [5, 5.41) is 4.16. The zero-order valence-electron chi connectivity index (χ0n) is 13.5. The number of aromatic nitrogens is 4. The molecule has 0 N–H and O–H groups in total. The van der Waals surface area contributed by atoms with Gasteiger partial charge in [-0.15, -0.1) is 0 Å². The molecule has 1 fully saturated rings. The highest BCUT2D eigenvalue weighted by Crippen LogP contribution is 2.24. The van der Waals surface area contributed by atoms with E-state index in [1.165, 1.54) is 12.4 Å². The van der Waals surface area contributed by atoms with Crippen molar-refractivity contribution in [3.8, 4) is 11.5 Å². The number of benzene rings is 1. The number of hydrogen-bond donors (Lipinski definition) is 0. The zero-order valence-corrected chi connectivity index (χ0v) is 13.5. The zero-order chi connectivity index (χ0) is 17.2. The molecule has 25 heavy (non-hydrogen) atoms. The normalized spacial score (nSPS) is 18.1. The van der Waals surface area contributed by atoms with Crippen LogP contribution >= 0.6 is 0 Å². The summed E-state index contributed by atoms with van der Waals surface area (Å²) in [6.45, 7) is 2.41. The van der Waals surface area contributed by atoms with Gasteiger partial charge in [0.05, 0.1) is 12.2 Å². The molecule has 2 aromatic heterocycles. The molecule has 0 spiro atoms. The molecule has 1 saturated heterocycles. The van der Waals surface area contributed by atoms with Crippen molar-refractivity contribution in [2.75, 3.05) is 6.54 Å². The van der Waals surface area contributed by atoms with Crippen molar-refractivity contribution in [1.82, 2.24) is 24.6 Å². The van der Waals surface area contributed by atoms with Gasteiger partial charge < -0.3 is 4.42 Å². The standard InChI is InChI=1S/C17H17F2N5O/c18-15-4-3-12(6-16(15)19)17-22-13(9-25-17)7-23-5-1-2-14(23)8-24-11-20-10-21-24/h3-4,6,9-11,14H,1-2,5,7-8H2/t14-/m0/s1. The van der Waals surface area contributed by atoms with E-state index in [0.717, 1.165) is 43.8 Å². The molecule has 0 radical (unpaired) electrons. The van der Waals surface area contributed by atoms with Gasteiger partial charge in [0.15, 0.2) is 11.6 Å². The van der Waals surface area contributed by atoms with E-state index in [4.69, 9.17) is 4.42 Å². The van der Waals surface area contributed by atoms with Crippen LogP contribution in [0.2, 0.25) is 0 Å². The Morgan fingerprint density at radius 3 is 2.96 bits per heavy atom. The summed E-state index contributed by atoms with van der Waals surface area (Å²) < 4.78 is 33.7. The highest BCUT2D eigenvalue weighted by Gasteiger charge is 2.26. The van der Waals surface area contributed by atoms with E-state index in [-0.39, 0.29) is 0 Å². The first-order valence-corrected chi connectivity index (χ1v) is 8.15. The Bertz CT molecular complexity index is 849. The molecule has 1 aliphatic heterocycles. The number of likely N-dealkylation sites (tertiary alicyclic amines) is 1. The first kappa shape index (κ1) is 15.9. The topological polar surface area (TPSA) is 60.0 Å². The van der Waals surface area contributed by atoms with Crippen molar-refractivity contribution in [1.29, 1.82) is 0 Å². The van der Waals surface area contributed by atoms with Crippen LogP contribution < -0.4 is 0 Å². The SMILES string of the molecule is Fc1ccc(-c2nc(CN3CCC[C@H]3Cn3cncn3)co2)cc1F. The van der Waals surface area contributed by atoms with Crippen LogP contribution in [-0.2, 0) is 13.1 Å². The summed E-state index contributed by atoms with van der Waals surface area (Å²) in [5.74, 6) is -1.51. The van der Waals surface area contributed by atoms with Gasteiger partial charge in [0.2, 0.25) is 5.89 Å². The van der Waals surface area contributed by atoms with Gasteiger partial charge in [-0.2, -0.15) is 5.10 Å². The largest absolute Gasteiger partial charge is 0.444 e. The van der Waals surface area contributed by atoms with Gasteiger partial charge in [-0.1, -0.05) is 0 Å². The van der Waals surface area contributed by atoms with Crippen LogP contribution in [0.15, 0.2) is 41.5 Å². The van der Waals surface area contributed by atoms with Gasteiger partial charge in [0.1, 0.15) is 18.9 Å². The fraction of sp³-hybridized carbons (Fsp3) is 0.353. The molecule has 3 heterocycles. The van der Waals surface area contributed by atoms with Crippen molar-refractivity contribution in [3.05, 3.63) is 54.4 Å². The molecular formula is C17H17F2N5O. The second-order valence-electron chi connectivity index (χ2n) is 6.16. The molecule has 1 aliphatic rings. The van der Waals surface area contributed by atoms with Gasteiger partial charge in [-0.25, -0.2) is 18.7 Å². The van der Waals surface area contributed by atoms with E-state index in [9.17, 15) is 8.78 Å². The smallest absolute Gasteiger partial charge is 0.226 e. The van der Waals surface area contributed by atoms with Crippen molar-refractivity contribution < 1.29 is 13.2 Å². The molecule has 6 nitrogen and oxygen atoms in total. The van der Waals surface area contributed by atoms with E-state index >= 15 is 0 Å². The maximum atomic E-state index is 13.4. The minimum atomic E-state index is -0.912. The minimum Gasteiger partial charge on any atom is -0.444 e. The fourth-order valence-electron chi connectivity index (χ4n) is 3.20.